The van der Waals surface area contributed by atoms with Crippen molar-refractivity contribution in [1.29, 1.82) is 0 Å². The van der Waals surface area contributed by atoms with Crippen molar-refractivity contribution in [3.05, 3.63) is 0 Å². The summed E-state index contributed by atoms with van der Waals surface area (Å²) in [6, 6.07) is -0.260. The third-order valence-corrected chi connectivity index (χ3v) is 4.80. The minimum Gasteiger partial charge on any atom is -0.467 e. The minimum atomic E-state index is -0.603. The van der Waals surface area contributed by atoms with Crippen LogP contribution in [0.2, 0.25) is 0 Å². The van der Waals surface area contributed by atoms with E-state index in [0.717, 1.165) is 44.4 Å². The van der Waals surface area contributed by atoms with Crippen molar-refractivity contribution in [3.63, 3.8) is 0 Å². The molecule has 1 aliphatic carbocycles. The molecule has 2 fully saturated rings. The maximum absolute atomic E-state index is 11.9. The van der Waals surface area contributed by atoms with Gasteiger partial charge < -0.3 is 14.8 Å². The Hall–Kier alpha value is -1.63. The molecule has 2 rings (SSSR count). The van der Waals surface area contributed by atoms with Gasteiger partial charge in [0.2, 0.25) is 5.91 Å². The van der Waals surface area contributed by atoms with E-state index >= 15 is 0 Å². The highest BCUT2D eigenvalue weighted by Gasteiger charge is 2.32. The molecule has 0 radical (unpaired) electrons. The van der Waals surface area contributed by atoms with Crippen molar-refractivity contribution >= 4 is 17.6 Å². The number of amides is 1. The molecule has 7 nitrogen and oxygen atoms in total. The smallest absolute Gasteiger partial charge is 0.328 e. The summed E-state index contributed by atoms with van der Waals surface area (Å²) in [7, 11) is 3.07. The summed E-state index contributed by atoms with van der Waals surface area (Å²) in [6.45, 7) is 3.06. The lowest BCUT2D eigenvalue weighted by Crippen LogP contribution is -2.42. The van der Waals surface area contributed by atoms with Crippen LogP contribution in [0.5, 0.6) is 0 Å². The molecule has 2 aliphatic rings. The summed E-state index contributed by atoms with van der Waals surface area (Å²) < 4.78 is 10.1. The molecule has 136 valence electrons. The predicted octanol–water partition coefficient (Wildman–Crippen LogP) is 1.32. The molecule has 0 aromatic heterocycles. The Morgan fingerprint density at radius 2 is 2.12 bits per heavy atom. The quantitative estimate of drug-likeness (QED) is 0.708. The molecule has 1 saturated heterocycles. The van der Waals surface area contributed by atoms with Gasteiger partial charge in [0.1, 0.15) is 6.04 Å². The van der Waals surface area contributed by atoms with Crippen LogP contribution in [0, 0.1) is 5.92 Å². The first-order chi connectivity index (χ1) is 11.5. The number of nitrogens with zero attached hydrogens (tertiary/aromatic N) is 2. The lowest BCUT2D eigenvalue weighted by molar-refractivity contribution is -0.145. The molecule has 1 saturated carbocycles. The molecule has 1 unspecified atom stereocenters. The number of hydrogen-bond acceptors (Lipinski definition) is 6. The van der Waals surface area contributed by atoms with Gasteiger partial charge >= 0.3 is 5.97 Å². The monoisotopic (exact) mass is 339 g/mol. The predicted molar refractivity (Wildman–Crippen MR) is 90.6 cm³/mol. The number of carbonyl (C=O) groups is 2. The van der Waals surface area contributed by atoms with Crippen LogP contribution >= 0.6 is 0 Å². The molecule has 1 aliphatic heterocycles. The first-order valence-electron chi connectivity index (χ1n) is 8.73. The fourth-order valence-corrected chi connectivity index (χ4v) is 3.65. The first kappa shape index (κ1) is 18.7. The Balaban J connectivity index is 2.04. The number of nitrogens with one attached hydrogen (secondary N) is 1. The van der Waals surface area contributed by atoms with Crippen LogP contribution < -0.4 is 5.32 Å². The summed E-state index contributed by atoms with van der Waals surface area (Å²) in [5.41, 5.74) is 1.14. The van der Waals surface area contributed by atoms with Gasteiger partial charge in [-0.2, -0.15) is 5.10 Å². The summed E-state index contributed by atoms with van der Waals surface area (Å²) in [5.74, 6) is -0.402. The molecule has 0 bridgehead atoms. The molecule has 7 heteroatoms. The van der Waals surface area contributed by atoms with Crippen LogP contribution in [0.4, 0.5) is 0 Å². The number of rotatable bonds is 7. The highest BCUT2D eigenvalue weighted by atomic mass is 16.5. The van der Waals surface area contributed by atoms with Crippen LogP contribution in [0.25, 0.3) is 0 Å². The van der Waals surface area contributed by atoms with E-state index in [0.29, 0.717) is 19.1 Å². The molecule has 1 amide bonds. The van der Waals surface area contributed by atoms with Gasteiger partial charge in [0.25, 0.3) is 0 Å². The van der Waals surface area contributed by atoms with Crippen LogP contribution in [-0.2, 0) is 19.1 Å². The molecule has 3 atom stereocenters. The second-order valence-electron chi connectivity index (χ2n) is 6.61. The highest BCUT2D eigenvalue weighted by molar-refractivity contribution is 5.90. The van der Waals surface area contributed by atoms with E-state index in [1.807, 2.05) is 0 Å². The molecule has 24 heavy (non-hydrogen) atoms. The standard InChI is InChI=1S/C17H29N3O4/c1-12(21)18-16(17(22)24-3)10-13-6-4-8-15(13)19-20-9-5-7-14(20)11-23-2/h13-14,16H,4-11H2,1-3H3,(H,18,21)/b19-15+/t13-,14+,16?/m1/s1. The number of hydrazone groups is 1. The van der Waals surface area contributed by atoms with Crippen molar-refractivity contribution in [2.75, 3.05) is 27.4 Å². The Kier molecular flexibility index (Phi) is 7.02. The number of ether oxygens (including phenoxy) is 2. The number of esters is 1. The fraction of sp³-hybridized carbons (Fsp3) is 0.824. The number of carbonyl (C=O) groups excluding carboxylic acids is 2. The third-order valence-electron chi connectivity index (χ3n) is 4.80. The maximum atomic E-state index is 11.9. The Morgan fingerprint density at radius 1 is 1.33 bits per heavy atom. The van der Waals surface area contributed by atoms with E-state index < -0.39 is 12.0 Å². The van der Waals surface area contributed by atoms with E-state index in [-0.39, 0.29) is 11.8 Å². The third kappa shape index (κ3) is 4.93. The Morgan fingerprint density at radius 3 is 2.79 bits per heavy atom. The first-order valence-corrected chi connectivity index (χ1v) is 8.73. The normalized spacial score (nSPS) is 26.6. The van der Waals surface area contributed by atoms with Crippen molar-refractivity contribution in [3.8, 4) is 0 Å². The largest absolute Gasteiger partial charge is 0.467 e. The topological polar surface area (TPSA) is 80.2 Å². The van der Waals surface area contributed by atoms with E-state index in [4.69, 9.17) is 14.6 Å². The van der Waals surface area contributed by atoms with E-state index in [9.17, 15) is 9.59 Å². The van der Waals surface area contributed by atoms with Crippen LogP contribution in [0.3, 0.4) is 0 Å². The zero-order chi connectivity index (χ0) is 17.5. The van der Waals surface area contributed by atoms with Gasteiger partial charge in [-0.1, -0.05) is 0 Å². The van der Waals surface area contributed by atoms with Gasteiger partial charge in [-0.3, -0.25) is 9.80 Å². The van der Waals surface area contributed by atoms with Gasteiger partial charge in [-0.15, -0.1) is 0 Å². The summed E-state index contributed by atoms with van der Waals surface area (Å²) >= 11 is 0. The minimum absolute atomic E-state index is 0.213. The average Bonchev–Trinajstić information content (AvgIpc) is 3.16. The molecule has 0 spiro atoms. The lowest BCUT2D eigenvalue weighted by Gasteiger charge is -2.24. The molecule has 1 heterocycles. The molecular weight excluding hydrogens is 310 g/mol. The fourth-order valence-electron chi connectivity index (χ4n) is 3.65. The van der Waals surface area contributed by atoms with Gasteiger partial charge in [0, 0.05) is 32.2 Å². The van der Waals surface area contributed by atoms with Gasteiger partial charge in [0.05, 0.1) is 19.8 Å². The average molecular weight is 339 g/mol. The molecule has 1 N–H and O–H groups in total. The van der Waals surface area contributed by atoms with E-state index in [1.54, 1.807) is 7.11 Å². The zero-order valence-corrected chi connectivity index (χ0v) is 14.9. The van der Waals surface area contributed by atoms with Crippen molar-refractivity contribution in [1.82, 2.24) is 10.3 Å². The van der Waals surface area contributed by atoms with Crippen molar-refractivity contribution in [2.45, 2.75) is 57.5 Å². The summed E-state index contributed by atoms with van der Waals surface area (Å²) in [6.07, 6.45) is 5.80. The van der Waals surface area contributed by atoms with Crippen LogP contribution in [0.15, 0.2) is 5.10 Å². The number of hydrogen-bond donors (Lipinski definition) is 1. The highest BCUT2D eigenvalue weighted by Crippen LogP contribution is 2.29. The van der Waals surface area contributed by atoms with Crippen LogP contribution in [-0.4, -0.2) is 62.1 Å². The van der Waals surface area contributed by atoms with Gasteiger partial charge in [-0.05, 0) is 38.5 Å². The summed E-state index contributed by atoms with van der Waals surface area (Å²) in [4.78, 5) is 23.3. The second kappa shape index (κ2) is 9.01. The van der Waals surface area contributed by atoms with Crippen LogP contribution in [0.1, 0.15) is 45.4 Å². The lowest BCUT2D eigenvalue weighted by atomic mass is 9.97. The second-order valence-corrected chi connectivity index (χ2v) is 6.61. The van der Waals surface area contributed by atoms with Crippen molar-refractivity contribution < 1.29 is 19.1 Å². The van der Waals surface area contributed by atoms with E-state index in [2.05, 4.69) is 10.3 Å². The summed E-state index contributed by atoms with van der Waals surface area (Å²) in [5, 5.41) is 9.72. The SMILES string of the molecule is COC[C@@H]1CCCN1/N=C1\CCC[C@@H]1CC(NC(C)=O)C(=O)OC. The van der Waals surface area contributed by atoms with Gasteiger partial charge in [0.15, 0.2) is 0 Å². The van der Waals surface area contributed by atoms with Gasteiger partial charge in [-0.25, -0.2) is 4.79 Å². The Labute approximate surface area is 143 Å². The van der Waals surface area contributed by atoms with E-state index in [1.165, 1.54) is 14.0 Å². The van der Waals surface area contributed by atoms with Crippen molar-refractivity contribution in [2.24, 2.45) is 11.0 Å². The molecular formula is C17H29N3O4. The maximum Gasteiger partial charge on any atom is 0.328 e. The number of methoxy groups -OCH3 is 2. The molecule has 0 aromatic carbocycles. The molecule has 0 aromatic rings. The zero-order valence-electron chi connectivity index (χ0n) is 14.9. The Bertz CT molecular complexity index is 480.